The Hall–Kier alpha value is -5.19. The summed E-state index contributed by atoms with van der Waals surface area (Å²) in [5.41, 5.74) is -2.72. The van der Waals surface area contributed by atoms with Gasteiger partial charge in [0.15, 0.2) is 0 Å². The van der Waals surface area contributed by atoms with Crippen LogP contribution in [-0.4, -0.2) is 205 Å². The zero-order chi connectivity index (χ0) is 70.2. The maximum absolute atomic E-state index is 12.5. The van der Waals surface area contributed by atoms with Crippen LogP contribution in [0.3, 0.4) is 0 Å². The highest BCUT2D eigenvalue weighted by atomic mass is 32.2. The number of fused-ring (bicyclic) bond motifs is 1. The van der Waals surface area contributed by atoms with Crippen LogP contribution >= 0.6 is 11.8 Å². The topological polar surface area (TPSA) is 394 Å². The summed E-state index contributed by atoms with van der Waals surface area (Å²) in [7, 11) is 0. The van der Waals surface area contributed by atoms with Crippen molar-refractivity contribution in [1.82, 2.24) is 9.80 Å². The maximum Gasteiger partial charge on any atom is 0.321 e. The first-order chi connectivity index (χ1) is 43.2. The molecule has 12 atom stereocenters. The van der Waals surface area contributed by atoms with Gasteiger partial charge in [-0.15, -0.1) is 11.8 Å². The van der Waals surface area contributed by atoms with Crippen molar-refractivity contribution in [3.8, 4) is 0 Å². The number of aliphatic hydroxyl groups excluding tert-OH is 4. The quantitative estimate of drug-likeness (QED) is 0.0280. The van der Waals surface area contributed by atoms with Gasteiger partial charge in [0, 0.05) is 19.0 Å². The van der Waals surface area contributed by atoms with E-state index in [-0.39, 0.29) is 106 Å². The van der Waals surface area contributed by atoms with E-state index < -0.39 is 105 Å². The molecule has 93 heavy (non-hydrogen) atoms. The Bertz CT molecular complexity index is 2560. The third-order valence-electron chi connectivity index (χ3n) is 20.2. The summed E-state index contributed by atoms with van der Waals surface area (Å²) in [4.78, 5) is 119. The average Bonchev–Trinajstić information content (AvgIpc) is 1.05. The van der Waals surface area contributed by atoms with E-state index in [1.807, 2.05) is 27.7 Å². The van der Waals surface area contributed by atoms with Crippen LogP contribution in [0.1, 0.15) is 192 Å². The van der Waals surface area contributed by atoms with Gasteiger partial charge in [-0.3, -0.25) is 57.7 Å². The molecule has 8 N–H and O–H groups in total. The zero-order valence-electron chi connectivity index (χ0n) is 56.7. The lowest BCUT2D eigenvalue weighted by Gasteiger charge is -2.61. The van der Waals surface area contributed by atoms with Crippen LogP contribution in [-0.2, 0) is 76.4 Å². The van der Waals surface area contributed by atoms with Crippen molar-refractivity contribution < 1.29 is 117 Å². The molecular formula is C66H108N2O24S. The second-order valence-corrected chi connectivity index (χ2v) is 30.7. The number of esters is 6. The van der Waals surface area contributed by atoms with Crippen molar-refractivity contribution in [1.29, 1.82) is 0 Å². The fraction of sp³-hybridized carbons (Fsp3) is 0.848. The predicted octanol–water partition coefficient (Wildman–Crippen LogP) is 6.52. The van der Waals surface area contributed by atoms with Gasteiger partial charge in [0.05, 0.1) is 46.3 Å². The lowest BCUT2D eigenvalue weighted by Crippen LogP contribution is -2.53. The minimum Gasteiger partial charge on any atom is -0.481 e. The average molecular weight is 1350 g/mol. The van der Waals surface area contributed by atoms with E-state index in [9.17, 15) is 78.6 Å². The van der Waals surface area contributed by atoms with Crippen molar-refractivity contribution in [3.05, 3.63) is 0 Å². The van der Waals surface area contributed by atoms with E-state index in [2.05, 4.69) is 0 Å². The third-order valence-corrected chi connectivity index (χ3v) is 21.4. The van der Waals surface area contributed by atoms with Crippen LogP contribution in [0.5, 0.6) is 0 Å². The van der Waals surface area contributed by atoms with E-state index >= 15 is 0 Å². The highest BCUT2D eigenvalue weighted by Crippen LogP contribution is 2.67. The zero-order valence-corrected chi connectivity index (χ0v) is 57.5. The second kappa shape index (κ2) is 34.7. The molecule has 8 rings (SSSR count). The lowest BCUT2D eigenvalue weighted by atomic mass is 9.43. The first-order valence-electron chi connectivity index (χ1n) is 32.9. The Morgan fingerprint density at radius 3 is 1.37 bits per heavy atom. The first kappa shape index (κ1) is 80.2. The van der Waals surface area contributed by atoms with Gasteiger partial charge in [0.2, 0.25) is 0 Å². The largest absolute Gasteiger partial charge is 0.481 e. The molecule has 0 aromatic carbocycles. The third kappa shape index (κ3) is 23.8. The molecular weight excluding hydrogens is 1240 g/mol. The molecule has 0 radical (unpaired) electrons. The molecule has 0 spiro atoms. The van der Waals surface area contributed by atoms with E-state index in [0.29, 0.717) is 75.1 Å². The summed E-state index contributed by atoms with van der Waals surface area (Å²) in [6.45, 7) is 21.4. The van der Waals surface area contributed by atoms with E-state index in [4.69, 9.17) is 38.6 Å². The number of nitrogens with zero attached hydrogens (tertiary/aromatic N) is 2. The number of ether oxygens (including phenoxy) is 6. The smallest absolute Gasteiger partial charge is 0.321 e. The molecule has 0 aromatic rings. The molecule has 12 unspecified atom stereocenters. The van der Waals surface area contributed by atoms with Gasteiger partial charge in [0.1, 0.15) is 75.6 Å². The van der Waals surface area contributed by atoms with Crippen molar-refractivity contribution in [2.45, 2.75) is 228 Å². The van der Waals surface area contributed by atoms with Gasteiger partial charge in [-0.1, -0.05) is 34.1 Å². The lowest BCUT2D eigenvalue weighted by molar-refractivity contribution is -0.168. The SMILES string of the molecule is CCC(C)(C)C(=O)OCC(O)COC(=O)C1CCCC(C(=O)O)C1.CCC(C)(C)C(=O)OCC(O)COC(=O)CC12CC3CC(CC(CC(=O)O)(C3)C1)C2.CCC(C)(C)C(=O)OCC(O)N1CC2CC2C1C(=O)O.CCC(C)(C)C(=O)OCC(O)N1CSC(C(=O)O)C1. The van der Waals surface area contributed by atoms with Crippen molar-refractivity contribution >= 4 is 71.5 Å². The van der Waals surface area contributed by atoms with Crippen LogP contribution in [0.2, 0.25) is 0 Å². The van der Waals surface area contributed by atoms with Crippen molar-refractivity contribution in [3.63, 3.8) is 0 Å². The molecule has 4 bridgehead atoms. The van der Waals surface area contributed by atoms with Gasteiger partial charge in [0.25, 0.3) is 0 Å². The number of thioether (sulfide) groups is 1. The number of hydrogen-bond acceptors (Lipinski definition) is 23. The summed E-state index contributed by atoms with van der Waals surface area (Å²) in [6.07, 6.45) is 7.68. The number of likely N-dealkylation sites (tertiary alicyclic amines) is 1. The highest BCUT2D eigenvalue weighted by molar-refractivity contribution is 8.00. The van der Waals surface area contributed by atoms with Crippen LogP contribution < -0.4 is 0 Å². The summed E-state index contributed by atoms with van der Waals surface area (Å²) < 4.78 is 30.7. The van der Waals surface area contributed by atoms with Crippen LogP contribution in [0.4, 0.5) is 0 Å². The summed E-state index contributed by atoms with van der Waals surface area (Å²) in [6, 6.07) is -0.645. The van der Waals surface area contributed by atoms with Gasteiger partial charge in [-0.25, -0.2) is 0 Å². The van der Waals surface area contributed by atoms with Crippen LogP contribution in [0.15, 0.2) is 0 Å². The number of piperidine rings is 1. The molecule has 2 aliphatic heterocycles. The molecule has 6 saturated carbocycles. The number of rotatable bonds is 30. The number of carboxylic acid groups (broad SMARTS) is 4. The summed E-state index contributed by atoms with van der Waals surface area (Å²) >= 11 is 1.26. The Balaban J connectivity index is 0.000000269. The molecule has 2 saturated heterocycles. The summed E-state index contributed by atoms with van der Waals surface area (Å²) in [5.74, 6) is -4.82. The predicted molar refractivity (Wildman–Crippen MR) is 336 cm³/mol. The number of carbonyl (C=O) groups is 10. The van der Waals surface area contributed by atoms with Gasteiger partial charge < -0.3 is 69.3 Å². The minimum atomic E-state index is -1.09. The molecule has 2 heterocycles. The molecule has 6 aliphatic carbocycles. The summed E-state index contributed by atoms with van der Waals surface area (Å²) in [5, 5.41) is 75.7. The highest BCUT2D eigenvalue weighted by Gasteiger charge is 2.59. The number of carbonyl (C=O) groups excluding carboxylic acids is 6. The van der Waals surface area contributed by atoms with Crippen molar-refractivity contribution in [2.24, 2.45) is 68.0 Å². The number of hydrogen-bond donors (Lipinski definition) is 8. The first-order valence-corrected chi connectivity index (χ1v) is 34.0. The number of aliphatic hydroxyl groups is 4. The monoisotopic (exact) mass is 1340 g/mol. The van der Waals surface area contributed by atoms with E-state index in [1.54, 1.807) is 60.3 Å². The minimum absolute atomic E-state index is 0.130. The Morgan fingerprint density at radius 1 is 0.505 bits per heavy atom. The van der Waals surface area contributed by atoms with Gasteiger partial charge >= 0.3 is 59.7 Å². The molecule has 8 fully saturated rings. The Morgan fingerprint density at radius 2 is 0.935 bits per heavy atom. The van der Waals surface area contributed by atoms with Crippen molar-refractivity contribution in [2.75, 3.05) is 58.6 Å². The molecule has 0 amide bonds. The number of aliphatic carboxylic acids is 4. The van der Waals surface area contributed by atoms with Gasteiger partial charge in [-0.05, 0) is 180 Å². The van der Waals surface area contributed by atoms with E-state index in [0.717, 1.165) is 44.9 Å². The fourth-order valence-corrected chi connectivity index (χ4v) is 14.2. The van der Waals surface area contributed by atoms with Gasteiger partial charge in [-0.2, -0.15) is 0 Å². The Kier molecular flexibility index (Phi) is 29.9. The molecule has 8 aliphatic rings. The number of carboxylic acids is 4. The Labute approximate surface area is 551 Å². The molecule has 532 valence electrons. The molecule has 0 aromatic heterocycles. The normalized spacial score (nSPS) is 27.7. The fourth-order valence-electron chi connectivity index (χ4n) is 13.1. The van der Waals surface area contributed by atoms with Crippen LogP contribution in [0, 0.1) is 68.0 Å². The standard InChI is InChI=1S/C23H36O7.C17H28O7.C14H23NO5.C12H21NO5S/c1-4-21(2,3)20(28)30-13-17(24)12-29-19(27)11-23-8-15-5-16(9-23)7-22(6-15,14-23)10-18(25)26;1-4-17(2,3)16(22)24-10-13(18)9-23-15(21)12-7-5-6-11(8-12)14(19)20;1-4-14(2,3)13(19)20-7-10(16)15-6-8-5-9(8)11(15)12(17)18;1-4-12(2,3)11(17)18-6-9(14)13-5-8(10(15)16)19-7-13/h15-17,24H,4-14H2,1-3H3,(H,25,26);11-13,18H,4-10H2,1-3H3,(H,19,20);8-11,16H,4-7H2,1-3H3,(H,17,18);8-9,14H,4-7H2,1-3H3,(H,15,16). The maximum atomic E-state index is 12.5. The molecule has 27 heteroatoms. The van der Waals surface area contributed by atoms with E-state index in [1.165, 1.54) is 16.7 Å². The van der Waals surface area contributed by atoms with Crippen LogP contribution in [0.25, 0.3) is 0 Å². The molecule has 26 nitrogen and oxygen atoms in total. The second-order valence-electron chi connectivity index (χ2n) is 29.6.